The Morgan fingerprint density at radius 3 is 1.51 bits per heavy atom. The first kappa shape index (κ1) is 49.5. The standard InChI is InChI=1S/C62H69BrN2O4/c1-11-13-15-33-61(7,8)39-23-27-41(28-24-39)68-51-35-48(59(64)66)54-49(60(67)65-58-43(37(3)4)19-17-20-44(58)38(5)6)36-52(69-42-29-25-40(26-30-42)62(9,10)34-16-14-12-2)55-46-22-18-21-45-50(63)32-31-47(53(45)46)56(51)57(54)55/h17-32,35-38H,11-16,33-34H2,1-10H3,(H2,64,66)(H,65,67). The summed E-state index contributed by atoms with van der Waals surface area (Å²) >= 11 is 3.87. The van der Waals surface area contributed by atoms with Crippen LogP contribution in [0.5, 0.6) is 23.0 Å². The highest BCUT2D eigenvalue weighted by molar-refractivity contribution is 9.10. The molecule has 3 N–H and O–H groups in total. The van der Waals surface area contributed by atoms with Gasteiger partial charge in [0.15, 0.2) is 0 Å². The molecule has 0 unspecified atom stereocenters. The highest BCUT2D eigenvalue weighted by atomic mass is 79.9. The number of rotatable bonds is 19. The highest BCUT2D eigenvalue weighted by Crippen LogP contribution is 2.52. The van der Waals surface area contributed by atoms with E-state index in [0.29, 0.717) is 33.8 Å². The predicted octanol–water partition coefficient (Wildman–Crippen LogP) is 18.4. The number of carbonyl (C=O) groups is 2. The van der Waals surface area contributed by atoms with E-state index in [2.05, 4.69) is 157 Å². The van der Waals surface area contributed by atoms with Crippen molar-refractivity contribution < 1.29 is 19.1 Å². The fourth-order valence-electron chi connectivity index (χ4n) is 10.4. The van der Waals surface area contributed by atoms with Crippen LogP contribution in [0.4, 0.5) is 5.69 Å². The molecule has 8 rings (SSSR count). The van der Waals surface area contributed by atoms with Gasteiger partial charge in [-0.3, -0.25) is 9.59 Å². The maximum Gasteiger partial charge on any atom is 0.256 e. The molecule has 0 aliphatic heterocycles. The van der Waals surface area contributed by atoms with E-state index in [9.17, 15) is 4.79 Å². The van der Waals surface area contributed by atoms with Gasteiger partial charge in [0.05, 0.1) is 11.1 Å². The van der Waals surface area contributed by atoms with Gasteiger partial charge in [-0.25, -0.2) is 0 Å². The van der Waals surface area contributed by atoms with Crippen molar-refractivity contribution in [1.29, 1.82) is 0 Å². The number of benzene rings is 8. The van der Waals surface area contributed by atoms with Crippen LogP contribution in [0, 0.1) is 0 Å². The molecular formula is C62H69BrN2O4. The Balaban J connectivity index is 1.41. The lowest BCUT2D eigenvalue weighted by molar-refractivity contribution is 0.100. The number of carbonyl (C=O) groups excluding carboxylic acids is 2. The molecule has 0 fully saturated rings. The van der Waals surface area contributed by atoms with E-state index < -0.39 is 5.91 Å². The van der Waals surface area contributed by atoms with Gasteiger partial charge < -0.3 is 20.5 Å². The van der Waals surface area contributed by atoms with E-state index in [4.69, 9.17) is 15.2 Å². The summed E-state index contributed by atoms with van der Waals surface area (Å²) in [7, 11) is 0. The topological polar surface area (TPSA) is 90.7 Å². The summed E-state index contributed by atoms with van der Waals surface area (Å²) in [6.07, 6.45) is 9.27. The Morgan fingerprint density at radius 2 is 1.03 bits per heavy atom. The maximum atomic E-state index is 15.4. The molecule has 0 radical (unpaired) electrons. The van der Waals surface area contributed by atoms with E-state index in [1.165, 1.54) is 49.7 Å². The fraction of sp³-hybridized carbons (Fsp3) is 0.355. The van der Waals surface area contributed by atoms with Crippen molar-refractivity contribution in [2.24, 2.45) is 5.73 Å². The van der Waals surface area contributed by atoms with Gasteiger partial charge in [-0.15, -0.1) is 0 Å². The van der Waals surface area contributed by atoms with Crippen LogP contribution in [0.15, 0.2) is 114 Å². The molecule has 0 bridgehead atoms. The lowest BCUT2D eigenvalue weighted by Gasteiger charge is -2.26. The number of anilines is 1. The number of halogens is 1. The van der Waals surface area contributed by atoms with Gasteiger partial charge in [0, 0.05) is 31.7 Å². The number of primary amides is 1. The Bertz CT molecular complexity index is 3120. The molecule has 0 aliphatic rings. The predicted molar refractivity (Wildman–Crippen MR) is 294 cm³/mol. The third kappa shape index (κ3) is 9.82. The number of nitrogens with two attached hydrogens (primary N) is 1. The Labute approximate surface area is 417 Å². The second-order valence-electron chi connectivity index (χ2n) is 21.0. The summed E-state index contributed by atoms with van der Waals surface area (Å²) in [4.78, 5) is 29.5. The minimum absolute atomic E-state index is 0.00637. The Morgan fingerprint density at radius 1 is 0.565 bits per heavy atom. The van der Waals surface area contributed by atoms with Gasteiger partial charge >= 0.3 is 0 Å². The van der Waals surface area contributed by atoms with E-state index in [-0.39, 0.29) is 39.7 Å². The van der Waals surface area contributed by atoms with Gasteiger partial charge in [-0.2, -0.15) is 0 Å². The first-order valence-corrected chi connectivity index (χ1v) is 25.9. The number of ether oxygens (including phenoxy) is 2. The zero-order chi connectivity index (χ0) is 49.4. The zero-order valence-corrected chi connectivity index (χ0v) is 43.9. The number of hydrogen-bond donors (Lipinski definition) is 2. The van der Waals surface area contributed by atoms with Crippen LogP contribution in [0.2, 0.25) is 0 Å². The molecule has 0 saturated heterocycles. The van der Waals surface area contributed by atoms with Crippen LogP contribution in [0.3, 0.4) is 0 Å². The van der Waals surface area contributed by atoms with Gasteiger partial charge in [0.2, 0.25) is 5.91 Å². The quantitative estimate of drug-likeness (QED) is 0.0480. The van der Waals surface area contributed by atoms with Crippen LogP contribution in [-0.2, 0) is 10.8 Å². The van der Waals surface area contributed by atoms with Gasteiger partial charge in [0.1, 0.15) is 23.0 Å². The number of unbranched alkanes of at least 4 members (excludes halogenated alkanes) is 4. The third-order valence-corrected chi connectivity index (χ3v) is 15.2. The van der Waals surface area contributed by atoms with Gasteiger partial charge in [-0.05, 0) is 122 Å². The van der Waals surface area contributed by atoms with Crippen LogP contribution < -0.4 is 20.5 Å². The minimum atomic E-state index is -0.674. The molecule has 0 spiro atoms. The van der Waals surface area contributed by atoms with E-state index in [0.717, 1.165) is 66.4 Å². The number of amides is 2. The maximum absolute atomic E-state index is 15.4. The number of nitrogens with one attached hydrogen (secondary N) is 1. The molecule has 69 heavy (non-hydrogen) atoms. The number of hydrogen-bond acceptors (Lipinski definition) is 4. The first-order chi connectivity index (χ1) is 32.9. The smallest absolute Gasteiger partial charge is 0.256 e. The van der Waals surface area contributed by atoms with Crippen molar-refractivity contribution in [3.05, 3.63) is 147 Å². The molecule has 0 saturated carbocycles. The summed E-state index contributed by atoms with van der Waals surface area (Å²) in [6, 6.07) is 36.8. The third-order valence-electron chi connectivity index (χ3n) is 14.5. The van der Waals surface area contributed by atoms with Crippen LogP contribution >= 0.6 is 15.9 Å². The van der Waals surface area contributed by atoms with E-state index in [1.807, 2.05) is 36.4 Å². The van der Waals surface area contributed by atoms with Crippen molar-refractivity contribution in [3.8, 4) is 23.0 Å². The highest BCUT2D eigenvalue weighted by Gasteiger charge is 2.30. The summed E-state index contributed by atoms with van der Waals surface area (Å²) in [5.74, 6) is 1.40. The van der Waals surface area contributed by atoms with Crippen LogP contribution in [-0.4, -0.2) is 11.8 Å². The zero-order valence-electron chi connectivity index (χ0n) is 42.3. The Kier molecular flexibility index (Phi) is 14.5. The lowest BCUT2D eigenvalue weighted by atomic mass is 9.80. The molecule has 7 heteroatoms. The van der Waals surface area contributed by atoms with Gasteiger partial charge in [-0.1, -0.05) is 190 Å². The summed E-state index contributed by atoms with van der Waals surface area (Å²) in [5, 5.41) is 9.81. The van der Waals surface area contributed by atoms with E-state index in [1.54, 1.807) is 6.07 Å². The normalized spacial score (nSPS) is 12.3. The van der Waals surface area contributed by atoms with Crippen molar-refractivity contribution in [1.82, 2.24) is 0 Å². The monoisotopic (exact) mass is 984 g/mol. The summed E-state index contributed by atoms with van der Waals surface area (Å²) < 4.78 is 15.0. The van der Waals surface area contributed by atoms with Crippen molar-refractivity contribution in [2.75, 3.05) is 5.32 Å². The minimum Gasteiger partial charge on any atom is -0.457 e. The SMILES string of the molecule is CCCCCC(C)(C)c1ccc(Oc2cc(C(N)=O)c3c(C(=O)Nc4c(C(C)C)cccc4C(C)C)cc(Oc4ccc(C(C)(C)CCCCC)cc4)c4c5cccc6c(Br)ccc(c2c34)c65)cc1. The molecule has 0 heterocycles. The second kappa shape index (κ2) is 20.2. The van der Waals surface area contributed by atoms with Crippen LogP contribution in [0.25, 0.3) is 43.1 Å². The van der Waals surface area contributed by atoms with Crippen LogP contribution in [0.1, 0.15) is 175 Å². The molecule has 8 aromatic carbocycles. The fourth-order valence-corrected chi connectivity index (χ4v) is 10.9. The van der Waals surface area contributed by atoms with Crippen molar-refractivity contribution in [3.63, 3.8) is 0 Å². The molecule has 2 amide bonds. The summed E-state index contributed by atoms with van der Waals surface area (Å²) in [6.45, 7) is 22.2. The average molecular weight is 986 g/mol. The number of fused-ring (bicyclic) bond motifs is 2. The molecule has 0 aliphatic carbocycles. The largest absolute Gasteiger partial charge is 0.457 e. The van der Waals surface area contributed by atoms with Gasteiger partial charge in [0.25, 0.3) is 5.91 Å². The second-order valence-corrected chi connectivity index (χ2v) is 21.9. The molecule has 358 valence electrons. The number of para-hydroxylation sites is 1. The Hall–Kier alpha value is -5.92. The first-order valence-electron chi connectivity index (χ1n) is 25.2. The summed E-state index contributed by atoms with van der Waals surface area (Å²) in [5.41, 5.74) is 12.2. The lowest BCUT2D eigenvalue weighted by Crippen LogP contribution is -2.19. The molecule has 8 aromatic rings. The average Bonchev–Trinajstić information content (AvgIpc) is 3.31. The molecule has 0 atom stereocenters. The molecular weight excluding hydrogens is 917 g/mol. The molecule has 0 aromatic heterocycles. The van der Waals surface area contributed by atoms with Crippen molar-refractivity contribution >= 4 is 76.5 Å². The molecule has 6 nitrogen and oxygen atoms in total. The van der Waals surface area contributed by atoms with E-state index >= 15 is 4.79 Å². The van der Waals surface area contributed by atoms with Crippen molar-refractivity contribution in [2.45, 2.75) is 143 Å².